The number of ether oxygens (including phenoxy) is 2. The number of rotatable bonds is 4. The summed E-state index contributed by atoms with van der Waals surface area (Å²) in [7, 11) is 1.54. The van der Waals surface area contributed by atoms with Gasteiger partial charge in [0.15, 0.2) is 18.2 Å². The zero-order valence-electron chi connectivity index (χ0n) is 15.6. The van der Waals surface area contributed by atoms with Gasteiger partial charge in [-0.3, -0.25) is 9.59 Å². The van der Waals surface area contributed by atoms with Crippen LogP contribution in [-0.2, 0) is 16.1 Å². The van der Waals surface area contributed by atoms with Crippen LogP contribution in [-0.4, -0.2) is 38.1 Å². The molecule has 7 nitrogen and oxygen atoms in total. The molecule has 0 fully saturated rings. The standard InChI is InChI=1S/C20H19F2N3O4/c1-23-18(26)7-13-9-28-17-6-12(21)2-3-16(17)25(13)8-11-4-14(22)20-15(5-11)24-19(27)10-29-20/h2-6,13H,7-10H2,1H3,(H,23,26)(H,24,27). The quantitative estimate of drug-likeness (QED) is 0.818. The summed E-state index contributed by atoms with van der Waals surface area (Å²) in [4.78, 5) is 25.4. The van der Waals surface area contributed by atoms with Gasteiger partial charge in [0.25, 0.3) is 5.91 Å². The molecule has 2 amide bonds. The van der Waals surface area contributed by atoms with E-state index in [0.717, 1.165) is 0 Å². The summed E-state index contributed by atoms with van der Waals surface area (Å²) >= 11 is 0. The first-order valence-electron chi connectivity index (χ1n) is 9.09. The van der Waals surface area contributed by atoms with E-state index in [9.17, 15) is 18.4 Å². The number of hydrogen-bond donors (Lipinski definition) is 2. The maximum Gasteiger partial charge on any atom is 0.262 e. The second-order valence-electron chi connectivity index (χ2n) is 6.87. The molecule has 2 heterocycles. The van der Waals surface area contributed by atoms with Crippen LogP contribution in [0.2, 0.25) is 0 Å². The third-order valence-electron chi connectivity index (χ3n) is 4.88. The molecule has 0 radical (unpaired) electrons. The highest BCUT2D eigenvalue weighted by Gasteiger charge is 2.30. The van der Waals surface area contributed by atoms with Crippen molar-refractivity contribution in [2.45, 2.75) is 19.0 Å². The molecule has 1 unspecified atom stereocenters. The van der Waals surface area contributed by atoms with Gasteiger partial charge in [0.1, 0.15) is 18.2 Å². The minimum Gasteiger partial charge on any atom is -0.489 e. The summed E-state index contributed by atoms with van der Waals surface area (Å²) in [5.74, 6) is -1.21. The van der Waals surface area contributed by atoms with Crippen molar-refractivity contribution in [1.29, 1.82) is 0 Å². The molecule has 0 saturated carbocycles. The molecular weight excluding hydrogens is 384 g/mol. The molecule has 0 spiro atoms. The van der Waals surface area contributed by atoms with Crippen molar-refractivity contribution in [2.24, 2.45) is 0 Å². The molecule has 0 aromatic heterocycles. The monoisotopic (exact) mass is 403 g/mol. The van der Waals surface area contributed by atoms with Crippen LogP contribution in [0.3, 0.4) is 0 Å². The van der Waals surface area contributed by atoms with Crippen molar-refractivity contribution >= 4 is 23.2 Å². The molecular formula is C20H19F2N3O4. The van der Waals surface area contributed by atoms with Crippen LogP contribution in [0.15, 0.2) is 30.3 Å². The second-order valence-corrected chi connectivity index (χ2v) is 6.87. The van der Waals surface area contributed by atoms with E-state index in [0.29, 0.717) is 17.0 Å². The number of amides is 2. The number of carbonyl (C=O) groups excluding carboxylic acids is 2. The molecule has 9 heteroatoms. The Morgan fingerprint density at radius 2 is 2.10 bits per heavy atom. The van der Waals surface area contributed by atoms with E-state index in [4.69, 9.17) is 9.47 Å². The largest absolute Gasteiger partial charge is 0.489 e. The minimum absolute atomic E-state index is 0.000269. The number of nitrogens with zero attached hydrogens (tertiary/aromatic N) is 1. The number of benzene rings is 2. The van der Waals surface area contributed by atoms with Gasteiger partial charge in [-0.05, 0) is 29.8 Å². The number of fused-ring (bicyclic) bond motifs is 2. The molecule has 2 aromatic rings. The van der Waals surface area contributed by atoms with Gasteiger partial charge < -0.3 is 25.0 Å². The number of anilines is 2. The van der Waals surface area contributed by atoms with E-state index in [1.807, 2.05) is 4.90 Å². The molecule has 0 bridgehead atoms. The first-order valence-corrected chi connectivity index (χ1v) is 9.09. The second kappa shape index (κ2) is 7.57. The molecule has 0 saturated heterocycles. The number of nitrogens with one attached hydrogen (secondary N) is 2. The van der Waals surface area contributed by atoms with Gasteiger partial charge in [-0.25, -0.2) is 8.78 Å². The predicted octanol–water partition coefficient (Wildman–Crippen LogP) is 2.20. The summed E-state index contributed by atoms with van der Waals surface area (Å²) in [6.45, 7) is 0.167. The SMILES string of the molecule is CNC(=O)CC1COc2cc(F)ccc2N1Cc1cc(F)c2c(c1)NC(=O)CO2. The van der Waals surface area contributed by atoms with E-state index in [1.165, 1.54) is 18.2 Å². The Hall–Kier alpha value is -3.36. The normalized spacial score (nSPS) is 17.4. The van der Waals surface area contributed by atoms with Gasteiger partial charge in [-0.15, -0.1) is 0 Å². The van der Waals surface area contributed by atoms with Crippen LogP contribution in [0.4, 0.5) is 20.2 Å². The van der Waals surface area contributed by atoms with E-state index < -0.39 is 11.6 Å². The lowest BCUT2D eigenvalue weighted by Gasteiger charge is -2.38. The molecule has 0 aliphatic carbocycles. The van der Waals surface area contributed by atoms with Gasteiger partial charge in [0.2, 0.25) is 5.91 Å². The smallest absolute Gasteiger partial charge is 0.262 e. The average molecular weight is 403 g/mol. The highest BCUT2D eigenvalue weighted by atomic mass is 19.1. The fraction of sp³-hybridized carbons (Fsp3) is 0.300. The van der Waals surface area contributed by atoms with Crippen LogP contribution < -0.4 is 25.0 Å². The molecule has 29 heavy (non-hydrogen) atoms. The van der Waals surface area contributed by atoms with Gasteiger partial charge >= 0.3 is 0 Å². The number of hydrogen-bond acceptors (Lipinski definition) is 5. The Labute approximate surface area is 165 Å². The lowest BCUT2D eigenvalue weighted by atomic mass is 10.1. The topological polar surface area (TPSA) is 79.9 Å². The molecule has 152 valence electrons. The van der Waals surface area contributed by atoms with Crippen LogP contribution >= 0.6 is 0 Å². The summed E-state index contributed by atoms with van der Waals surface area (Å²) in [5.41, 5.74) is 1.42. The maximum atomic E-state index is 14.5. The maximum absolute atomic E-state index is 14.5. The van der Waals surface area contributed by atoms with Gasteiger partial charge in [0.05, 0.1) is 23.8 Å². The van der Waals surface area contributed by atoms with Gasteiger partial charge in [0, 0.05) is 19.7 Å². The van der Waals surface area contributed by atoms with E-state index in [1.54, 1.807) is 19.2 Å². The van der Waals surface area contributed by atoms with Crippen molar-refractivity contribution in [3.05, 3.63) is 47.5 Å². The van der Waals surface area contributed by atoms with Crippen LogP contribution in [0.25, 0.3) is 0 Å². The van der Waals surface area contributed by atoms with Crippen LogP contribution in [0, 0.1) is 11.6 Å². The molecule has 4 rings (SSSR count). The highest BCUT2D eigenvalue weighted by molar-refractivity contribution is 5.95. The summed E-state index contributed by atoms with van der Waals surface area (Å²) < 4.78 is 38.9. The Kier molecular flexibility index (Phi) is 4.96. The van der Waals surface area contributed by atoms with Crippen molar-refractivity contribution in [1.82, 2.24) is 5.32 Å². The third-order valence-corrected chi connectivity index (χ3v) is 4.88. The summed E-state index contributed by atoms with van der Waals surface area (Å²) in [6, 6.07) is 6.77. The van der Waals surface area contributed by atoms with Gasteiger partial charge in [-0.2, -0.15) is 0 Å². The van der Waals surface area contributed by atoms with E-state index >= 15 is 0 Å². The Bertz CT molecular complexity index is 982. The third kappa shape index (κ3) is 3.80. The van der Waals surface area contributed by atoms with E-state index in [2.05, 4.69) is 10.6 Å². The predicted molar refractivity (Wildman–Crippen MR) is 101 cm³/mol. The Balaban J connectivity index is 1.69. The molecule has 2 aliphatic heterocycles. The van der Waals surface area contributed by atoms with Crippen molar-refractivity contribution in [3.63, 3.8) is 0 Å². The Morgan fingerprint density at radius 1 is 1.28 bits per heavy atom. The molecule has 2 aromatic carbocycles. The lowest BCUT2D eigenvalue weighted by Crippen LogP contribution is -2.45. The van der Waals surface area contributed by atoms with Crippen molar-refractivity contribution in [3.8, 4) is 11.5 Å². The first-order chi connectivity index (χ1) is 13.9. The number of carbonyl (C=O) groups is 2. The average Bonchev–Trinajstić information content (AvgIpc) is 2.69. The zero-order valence-corrected chi connectivity index (χ0v) is 15.6. The summed E-state index contributed by atoms with van der Waals surface area (Å²) in [5, 5.41) is 5.18. The van der Waals surface area contributed by atoms with Crippen molar-refractivity contribution in [2.75, 3.05) is 30.5 Å². The summed E-state index contributed by atoms with van der Waals surface area (Å²) in [6.07, 6.45) is 0.153. The highest BCUT2D eigenvalue weighted by Crippen LogP contribution is 2.38. The first kappa shape index (κ1) is 19.0. The van der Waals surface area contributed by atoms with Crippen LogP contribution in [0.5, 0.6) is 11.5 Å². The van der Waals surface area contributed by atoms with Crippen molar-refractivity contribution < 1.29 is 27.8 Å². The van der Waals surface area contributed by atoms with E-state index in [-0.39, 0.29) is 55.5 Å². The minimum atomic E-state index is -0.590. The zero-order chi connectivity index (χ0) is 20.5. The van der Waals surface area contributed by atoms with Gasteiger partial charge in [-0.1, -0.05) is 0 Å². The molecule has 1 atom stereocenters. The fourth-order valence-electron chi connectivity index (χ4n) is 3.51. The molecule has 2 N–H and O–H groups in total. The fourth-order valence-corrected chi connectivity index (χ4v) is 3.51. The molecule has 2 aliphatic rings. The lowest BCUT2D eigenvalue weighted by molar-refractivity contribution is -0.121. The number of halogens is 2. The van der Waals surface area contributed by atoms with Crippen LogP contribution in [0.1, 0.15) is 12.0 Å². The Morgan fingerprint density at radius 3 is 2.90 bits per heavy atom.